The highest BCUT2D eigenvalue weighted by Crippen LogP contribution is 2.15. The van der Waals surface area contributed by atoms with Crippen molar-refractivity contribution < 1.29 is 18.4 Å². The first-order chi connectivity index (χ1) is 9.56. The van der Waals surface area contributed by atoms with E-state index in [-0.39, 0.29) is 12.2 Å². The van der Waals surface area contributed by atoms with E-state index in [0.717, 1.165) is 23.1 Å². The lowest BCUT2D eigenvalue weighted by Crippen LogP contribution is -2.35. The monoisotopic (exact) mass is 296 g/mol. The molecule has 104 valence electrons. The lowest BCUT2D eigenvalue weighted by molar-refractivity contribution is -0.136. The van der Waals surface area contributed by atoms with Gasteiger partial charge in [-0.1, -0.05) is 6.07 Å². The predicted octanol–water partition coefficient (Wildman–Crippen LogP) is 2.28. The molecule has 0 aliphatic carbocycles. The molecule has 0 spiro atoms. The Morgan fingerprint density at radius 2 is 1.95 bits per heavy atom. The molecule has 2 N–H and O–H groups in total. The normalized spacial score (nSPS) is 10.1. The lowest BCUT2D eigenvalue weighted by atomic mass is 10.3. The van der Waals surface area contributed by atoms with Gasteiger partial charge in [0.25, 0.3) is 0 Å². The number of halogens is 2. The third kappa shape index (κ3) is 3.61. The molecular formula is C13H10F2N2O2S. The molecule has 0 saturated heterocycles. The Balaban J connectivity index is 1.93. The van der Waals surface area contributed by atoms with E-state index in [9.17, 15) is 18.4 Å². The summed E-state index contributed by atoms with van der Waals surface area (Å²) in [4.78, 5) is 23.9. The van der Waals surface area contributed by atoms with E-state index < -0.39 is 23.4 Å². The van der Waals surface area contributed by atoms with E-state index in [4.69, 9.17) is 0 Å². The standard InChI is InChI=1S/C13H10F2N2O2S/c14-8-3-4-10(15)11(6-8)17-13(19)12(18)16-7-9-2-1-5-20-9/h1-6H,7H2,(H,16,18)(H,17,19). The van der Waals surface area contributed by atoms with Crippen LogP contribution in [0, 0.1) is 11.6 Å². The summed E-state index contributed by atoms with van der Waals surface area (Å²) >= 11 is 1.43. The lowest BCUT2D eigenvalue weighted by Gasteiger charge is -2.06. The predicted molar refractivity (Wildman–Crippen MR) is 71.2 cm³/mol. The summed E-state index contributed by atoms with van der Waals surface area (Å²) < 4.78 is 26.2. The van der Waals surface area contributed by atoms with E-state index in [0.29, 0.717) is 0 Å². The average molecular weight is 296 g/mol. The molecule has 0 atom stereocenters. The van der Waals surface area contributed by atoms with Gasteiger partial charge >= 0.3 is 11.8 Å². The smallest absolute Gasteiger partial charge is 0.313 e. The first-order valence-corrected chi connectivity index (χ1v) is 6.51. The number of thiophene rings is 1. The summed E-state index contributed by atoms with van der Waals surface area (Å²) in [6, 6.07) is 6.21. The molecule has 0 fully saturated rings. The van der Waals surface area contributed by atoms with Crippen molar-refractivity contribution in [2.75, 3.05) is 5.32 Å². The first-order valence-electron chi connectivity index (χ1n) is 5.63. The number of anilines is 1. The third-order valence-electron chi connectivity index (χ3n) is 2.39. The van der Waals surface area contributed by atoms with Crippen molar-refractivity contribution in [2.45, 2.75) is 6.54 Å². The van der Waals surface area contributed by atoms with Crippen LogP contribution in [0.4, 0.5) is 14.5 Å². The van der Waals surface area contributed by atoms with Gasteiger partial charge in [0.15, 0.2) is 0 Å². The molecule has 7 heteroatoms. The van der Waals surface area contributed by atoms with Crippen molar-refractivity contribution in [3.05, 3.63) is 52.2 Å². The van der Waals surface area contributed by atoms with Gasteiger partial charge < -0.3 is 10.6 Å². The summed E-state index contributed by atoms with van der Waals surface area (Å²) in [6.07, 6.45) is 0. The number of carbonyl (C=O) groups excluding carboxylic acids is 2. The van der Waals surface area contributed by atoms with Crippen LogP contribution < -0.4 is 10.6 Å². The van der Waals surface area contributed by atoms with Gasteiger partial charge in [-0.05, 0) is 23.6 Å². The van der Waals surface area contributed by atoms with Gasteiger partial charge in [-0.2, -0.15) is 0 Å². The van der Waals surface area contributed by atoms with Gasteiger partial charge in [0.2, 0.25) is 0 Å². The molecule has 1 aromatic carbocycles. The van der Waals surface area contributed by atoms with Crippen molar-refractivity contribution in [2.24, 2.45) is 0 Å². The zero-order valence-corrected chi connectivity index (χ0v) is 11.0. The molecule has 2 aromatic rings. The van der Waals surface area contributed by atoms with E-state index in [2.05, 4.69) is 5.32 Å². The number of carbonyl (C=O) groups is 2. The summed E-state index contributed by atoms with van der Waals surface area (Å²) in [5.41, 5.74) is -0.374. The van der Waals surface area contributed by atoms with E-state index in [1.165, 1.54) is 11.3 Å². The van der Waals surface area contributed by atoms with Crippen LogP contribution in [0.15, 0.2) is 35.7 Å². The molecule has 1 heterocycles. The zero-order valence-electron chi connectivity index (χ0n) is 10.2. The largest absolute Gasteiger partial charge is 0.343 e. The van der Waals surface area contributed by atoms with Crippen LogP contribution in [0.1, 0.15) is 4.88 Å². The van der Waals surface area contributed by atoms with Crippen molar-refractivity contribution in [1.82, 2.24) is 5.32 Å². The molecule has 1 aromatic heterocycles. The number of rotatable bonds is 3. The fraction of sp³-hybridized carbons (Fsp3) is 0.0769. The molecule has 20 heavy (non-hydrogen) atoms. The topological polar surface area (TPSA) is 58.2 Å². The second-order valence-electron chi connectivity index (χ2n) is 3.84. The average Bonchev–Trinajstić information content (AvgIpc) is 2.93. The van der Waals surface area contributed by atoms with E-state index in [1.54, 1.807) is 6.07 Å². The Bertz CT molecular complexity index is 629. The Morgan fingerprint density at radius 1 is 1.15 bits per heavy atom. The van der Waals surface area contributed by atoms with Gasteiger partial charge in [-0.15, -0.1) is 11.3 Å². The Kier molecular flexibility index (Phi) is 4.41. The minimum Gasteiger partial charge on any atom is -0.343 e. The van der Waals surface area contributed by atoms with Gasteiger partial charge in [0, 0.05) is 10.9 Å². The molecule has 4 nitrogen and oxygen atoms in total. The second kappa shape index (κ2) is 6.25. The Labute approximate surface area is 117 Å². The number of hydrogen-bond acceptors (Lipinski definition) is 3. The maximum absolute atomic E-state index is 13.3. The first kappa shape index (κ1) is 14.1. The van der Waals surface area contributed by atoms with Gasteiger partial charge in [0.05, 0.1) is 12.2 Å². The molecular weight excluding hydrogens is 286 g/mol. The Hall–Kier alpha value is -2.28. The molecule has 2 rings (SSSR count). The maximum atomic E-state index is 13.3. The summed E-state index contributed by atoms with van der Waals surface area (Å²) in [7, 11) is 0. The van der Waals surface area contributed by atoms with Crippen molar-refractivity contribution in [1.29, 1.82) is 0 Å². The molecule has 2 amide bonds. The van der Waals surface area contributed by atoms with Crippen LogP contribution in [-0.4, -0.2) is 11.8 Å². The fourth-order valence-corrected chi connectivity index (χ4v) is 2.08. The highest BCUT2D eigenvalue weighted by atomic mass is 32.1. The van der Waals surface area contributed by atoms with Gasteiger partial charge in [0.1, 0.15) is 11.6 Å². The number of hydrogen-bond donors (Lipinski definition) is 2. The zero-order chi connectivity index (χ0) is 14.5. The van der Waals surface area contributed by atoms with Crippen LogP contribution in [-0.2, 0) is 16.1 Å². The van der Waals surface area contributed by atoms with Crippen molar-refractivity contribution >= 4 is 28.8 Å². The minimum atomic E-state index is -1.05. The van der Waals surface area contributed by atoms with Gasteiger partial charge in [-0.25, -0.2) is 8.78 Å². The SMILES string of the molecule is O=C(NCc1cccs1)C(=O)Nc1cc(F)ccc1F. The molecule has 0 aliphatic rings. The number of benzene rings is 1. The number of nitrogens with one attached hydrogen (secondary N) is 2. The molecule has 0 unspecified atom stereocenters. The minimum absolute atomic E-state index is 0.204. The van der Waals surface area contributed by atoms with Gasteiger partial charge in [-0.3, -0.25) is 9.59 Å². The second-order valence-corrected chi connectivity index (χ2v) is 4.87. The van der Waals surface area contributed by atoms with Crippen molar-refractivity contribution in [3.63, 3.8) is 0 Å². The quantitative estimate of drug-likeness (QED) is 0.854. The molecule has 0 aliphatic heterocycles. The number of amides is 2. The molecule has 0 bridgehead atoms. The summed E-state index contributed by atoms with van der Waals surface area (Å²) in [5.74, 6) is -3.49. The highest BCUT2D eigenvalue weighted by Gasteiger charge is 2.15. The molecule has 0 saturated carbocycles. The Morgan fingerprint density at radius 3 is 2.65 bits per heavy atom. The van der Waals surface area contributed by atoms with Crippen molar-refractivity contribution in [3.8, 4) is 0 Å². The third-order valence-corrected chi connectivity index (χ3v) is 3.26. The van der Waals surface area contributed by atoms with Crippen LogP contribution in [0.25, 0.3) is 0 Å². The van der Waals surface area contributed by atoms with Crippen LogP contribution in [0.3, 0.4) is 0 Å². The van der Waals surface area contributed by atoms with Crippen LogP contribution in [0.2, 0.25) is 0 Å². The van der Waals surface area contributed by atoms with E-state index >= 15 is 0 Å². The maximum Gasteiger partial charge on any atom is 0.313 e. The van der Waals surface area contributed by atoms with E-state index in [1.807, 2.05) is 16.8 Å². The van der Waals surface area contributed by atoms with Crippen LogP contribution >= 0.6 is 11.3 Å². The van der Waals surface area contributed by atoms with Crippen LogP contribution in [0.5, 0.6) is 0 Å². The summed E-state index contributed by atoms with van der Waals surface area (Å²) in [5, 5.41) is 6.24. The summed E-state index contributed by atoms with van der Waals surface area (Å²) in [6.45, 7) is 0.204. The molecule has 0 radical (unpaired) electrons. The fourth-order valence-electron chi connectivity index (χ4n) is 1.43. The highest BCUT2D eigenvalue weighted by molar-refractivity contribution is 7.09.